The van der Waals surface area contributed by atoms with E-state index in [4.69, 9.17) is 0 Å². The first kappa shape index (κ1) is 13.9. The summed E-state index contributed by atoms with van der Waals surface area (Å²) in [6, 6.07) is 11.9. The topological polar surface area (TPSA) is 3.24 Å². The van der Waals surface area contributed by atoms with Crippen LogP contribution >= 0.6 is 0 Å². The highest BCUT2D eigenvalue weighted by Gasteiger charge is 2.43. The molecule has 0 radical (unpaired) electrons. The summed E-state index contributed by atoms with van der Waals surface area (Å²) in [6.07, 6.45) is 1.10. The maximum absolute atomic E-state index is 13.8. The predicted molar refractivity (Wildman–Crippen MR) is 83.0 cm³/mol. The zero-order chi connectivity index (χ0) is 15.3. The highest BCUT2D eigenvalue weighted by molar-refractivity contribution is 5.47. The number of piperidine rings is 1. The molecule has 3 heteroatoms. The van der Waals surface area contributed by atoms with Crippen molar-refractivity contribution in [2.45, 2.75) is 18.3 Å². The molecule has 3 unspecified atom stereocenters. The lowest BCUT2D eigenvalue weighted by Gasteiger charge is -2.35. The molecule has 1 heterocycles. The van der Waals surface area contributed by atoms with E-state index in [1.807, 2.05) is 18.2 Å². The average molecular weight is 299 g/mol. The molecule has 1 aliphatic heterocycles. The number of halogens is 2. The average Bonchev–Trinajstić information content (AvgIpc) is 2.81. The number of benzene rings is 2. The van der Waals surface area contributed by atoms with Crippen LogP contribution in [0.5, 0.6) is 0 Å². The maximum Gasteiger partial charge on any atom is 0.123 e. The Kier molecular flexibility index (Phi) is 3.26. The zero-order valence-corrected chi connectivity index (χ0v) is 12.6. The van der Waals surface area contributed by atoms with Crippen molar-refractivity contribution in [3.8, 4) is 0 Å². The standard InChI is InChI=1S/C19H19F2N/c1-22-9-8-16-18(11-22)15-7-6-14(21)10-17(15)19(16)12-2-4-13(20)5-3-12/h2-7,10,16,18-19H,8-9,11H2,1H3. The van der Waals surface area contributed by atoms with Crippen molar-refractivity contribution in [2.24, 2.45) is 5.92 Å². The molecule has 2 aromatic carbocycles. The summed E-state index contributed by atoms with van der Waals surface area (Å²) in [7, 11) is 2.14. The zero-order valence-electron chi connectivity index (χ0n) is 12.6. The van der Waals surface area contributed by atoms with Crippen molar-refractivity contribution in [3.63, 3.8) is 0 Å². The molecule has 2 aliphatic rings. The molecule has 0 amide bonds. The first-order valence-electron chi connectivity index (χ1n) is 7.87. The van der Waals surface area contributed by atoms with Crippen LogP contribution in [0.3, 0.4) is 0 Å². The van der Waals surface area contributed by atoms with Crippen molar-refractivity contribution >= 4 is 0 Å². The van der Waals surface area contributed by atoms with Gasteiger partial charge in [0.25, 0.3) is 0 Å². The van der Waals surface area contributed by atoms with Crippen LogP contribution in [0.2, 0.25) is 0 Å². The Morgan fingerprint density at radius 1 is 0.955 bits per heavy atom. The second kappa shape index (κ2) is 5.17. The number of hydrogen-bond donors (Lipinski definition) is 0. The van der Waals surface area contributed by atoms with Crippen molar-refractivity contribution in [2.75, 3.05) is 20.1 Å². The summed E-state index contributed by atoms with van der Waals surface area (Å²) in [5.41, 5.74) is 3.47. The van der Waals surface area contributed by atoms with E-state index in [1.54, 1.807) is 12.1 Å². The van der Waals surface area contributed by atoms with E-state index >= 15 is 0 Å². The fraction of sp³-hybridized carbons (Fsp3) is 0.368. The summed E-state index contributed by atoms with van der Waals surface area (Å²) in [6.45, 7) is 2.08. The van der Waals surface area contributed by atoms with Crippen LogP contribution in [0, 0.1) is 17.6 Å². The van der Waals surface area contributed by atoms with Crippen molar-refractivity contribution in [3.05, 3.63) is 70.8 Å². The Bertz CT molecular complexity index is 695. The van der Waals surface area contributed by atoms with Crippen LogP contribution in [0.15, 0.2) is 42.5 Å². The summed E-state index contributed by atoms with van der Waals surface area (Å²) < 4.78 is 27.1. The molecule has 1 nitrogen and oxygen atoms in total. The van der Waals surface area contributed by atoms with Crippen LogP contribution in [0.25, 0.3) is 0 Å². The Balaban J connectivity index is 1.83. The molecule has 0 aromatic heterocycles. The molecule has 0 N–H and O–H groups in total. The van der Waals surface area contributed by atoms with Gasteiger partial charge in [0, 0.05) is 18.4 Å². The molecule has 3 atom stereocenters. The van der Waals surface area contributed by atoms with Gasteiger partial charge in [-0.25, -0.2) is 8.78 Å². The van der Waals surface area contributed by atoms with Gasteiger partial charge in [-0.2, -0.15) is 0 Å². The van der Waals surface area contributed by atoms with Crippen LogP contribution in [0.1, 0.15) is 34.9 Å². The molecular weight excluding hydrogens is 280 g/mol. The smallest absolute Gasteiger partial charge is 0.123 e. The molecule has 114 valence electrons. The molecule has 0 bridgehead atoms. The largest absolute Gasteiger partial charge is 0.306 e. The molecule has 0 saturated carbocycles. The maximum atomic E-state index is 13.8. The van der Waals surface area contributed by atoms with Gasteiger partial charge in [-0.1, -0.05) is 18.2 Å². The fourth-order valence-corrected chi connectivity index (χ4v) is 4.34. The van der Waals surface area contributed by atoms with E-state index in [0.717, 1.165) is 30.6 Å². The molecule has 1 fully saturated rings. The number of likely N-dealkylation sites (N-methyl/N-ethyl adjacent to an activating group) is 1. The SMILES string of the molecule is CN1CCC2C(C1)c1ccc(F)cc1C2c1ccc(F)cc1. The number of nitrogens with zero attached hydrogens (tertiary/aromatic N) is 1. The minimum absolute atomic E-state index is 0.183. The van der Waals surface area contributed by atoms with Crippen LogP contribution < -0.4 is 0 Å². The van der Waals surface area contributed by atoms with Crippen molar-refractivity contribution < 1.29 is 8.78 Å². The van der Waals surface area contributed by atoms with Crippen LogP contribution in [-0.4, -0.2) is 25.0 Å². The first-order valence-corrected chi connectivity index (χ1v) is 7.87. The van der Waals surface area contributed by atoms with Gasteiger partial charge in [-0.15, -0.1) is 0 Å². The van der Waals surface area contributed by atoms with E-state index in [-0.39, 0.29) is 17.6 Å². The Hall–Kier alpha value is -1.74. The van der Waals surface area contributed by atoms with Crippen molar-refractivity contribution in [1.82, 2.24) is 4.90 Å². The van der Waals surface area contributed by atoms with Crippen molar-refractivity contribution in [1.29, 1.82) is 0 Å². The van der Waals surface area contributed by atoms with Gasteiger partial charge < -0.3 is 4.90 Å². The van der Waals surface area contributed by atoms with Crippen LogP contribution in [-0.2, 0) is 0 Å². The predicted octanol–water partition coefficient (Wildman–Crippen LogP) is 4.15. The van der Waals surface area contributed by atoms with Gasteiger partial charge in [0.2, 0.25) is 0 Å². The normalized spacial score (nSPS) is 27.5. The second-order valence-electron chi connectivity index (χ2n) is 6.62. The molecular formula is C19H19F2N. The summed E-state index contributed by atoms with van der Waals surface area (Å²) >= 11 is 0. The highest BCUT2D eigenvalue weighted by atomic mass is 19.1. The van der Waals surface area contributed by atoms with Gasteiger partial charge in [0.05, 0.1) is 0 Å². The lowest BCUT2D eigenvalue weighted by atomic mass is 9.78. The van der Waals surface area contributed by atoms with E-state index in [1.165, 1.54) is 17.7 Å². The van der Waals surface area contributed by atoms with Gasteiger partial charge in [-0.3, -0.25) is 0 Å². The Morgan fingerprint density at radius 3 is 2.45 bits per heavy atom. The molecule has 2 aromatic rings. The Morgan fingerprint density at radius 2 is 1.68 bits per heavy atom. The third-order valence-electron chi connectivity index (χ3n) is 5.31. The highest BCUT2D eigenvalue weighted by Crippen LogP contribution is 2.52. The van der Waals surface area contributed by atoms with Gasteiger partial charge in [-0.05, 0) is 66.9 Å². The number of likely N-dealkylation sites (tertiary alicyclic amines) is 1. The summed E-state index contributed by atoms with van der Waals surface area (Å²) in [4.78, 5) is 2.35. The third-order valence-corrected chi connectivity index (χ3v) is 5.31. The summed E-state index contributed by atoms with van der Waals surface area (Å²) in [5.74, 6) is 0.715. The minimum atomic E-state index is -0.221. The van der Waals surface area contributed by atoms with E-state index < -0.39 is 0 Å². The third kappa shape index (κ3) is 2.15. The van der Waals surface area contributed by atoms with Gasteiger partial charge in [0.1, 0.15) is 11.6 Å². The fourth-order valence-electron chi connectivity index (χ4n) is 4.34. The lowest BCUT2D eigenvalue weighted by molar-refractivity contribution is 0.191. The van der Waals surface area contributed by atoms with Gasteiger partial charge in [0.15, 0.2) is 0 Å². The molecule has 22 heavy (non-hydrogen) atoms. The summed E-state index contributed by atoms with van der Waals surface area (Å²) in [5, 5.41) is 0. The number of rotatable bonds is 1. The van der Waals surface area contributed by atoms with Crippen LogP contribution in [0.4, 0.5) is 8.78 Å². The van der Waals surface area contributed by atoms with E-state index in [9.17, 15) is 8.78 Å². The molecule has 4 rings (SSSR count). The number of hydrogen-bond acceptors (Lipinski definition) is 1. The second-order valence-corrected chi connectivity index (χ2v) is 6.62. The quantitative estimate of drug-likeness (QED) is 0.765. The van der Waals surface area contributed by atoms with E-state index in [2.05, 4.69) is 11.9 Å². The number of fused-ring (bicyclic) bond motifs is 3. The Labute approximate surface area is 129 Å². The van der Waals surface area contributed by atoms with Gasteiger partial charge >= 0.3 is 0 Å². The molecule has 1 aliphatic carbocycles. The molecule has 0 spiro atoms. The molecule has 1 saturated heterocycles. The first-order chi connectivity index (χ1) is 10.6. The lowest BCUT2D eigenvalue weighted by Crippen LogP contribution is -2.36. The van der Waals surface area contributed by atoms with E-state index in [0.29, 0.717) is 11.8 Å². The monoisotopic (exact) mass is 299 g/mol. The minimum Gasteiger partial charge on any atom is -0.306 e.